The molecule has 0 fully saturated rings. The van der Waals surface area contributed by atoms with Crippen LogP contribution in [0.15, 0.2) is 41.0 Å². The van der Waals surface area contributed by atoms with E-state index in [4.69, 9.17) is 4.42 Å². The molecule has 0 saturated heterocycles. The van der Waals surface area contributed by atoms with Crippen LogP contribution in [0, 0.1) is 17.6 Å². The quantitative estimate of drug-likeness (QED) is 0.769. The van der Waals surface area contributed by atoms with Crippen LogP contribution in [0.25, 0.3) is 11.1 Å². The number of amides is 1. The molecule has 0 saturated carbocycles. The first-order valence-corrected chi connectivity index (χ1v) is 7.74. The third-order valence-corrected chi connectivity index (χ3v) is 3.69. The maximum atomic E-state index is 13.4. The zero-order chi connectivity index (χ0) is 17.3. The molecule has 2 heterocycles. The number of hydrogen-bond acceptors (Lipinski definition) is 2. The Hall–Kier alpha value is -2.63. The van der Waals surface area contributed by atoms with Gasteiger partial charge in [-0.1, -0.05) is 13.8 Å². The molecule has 24 heavy (non-hydrogen) atoms. The van der Waals surface area contributed by atoms with Crippen molar-refractivity contribution in [1.29, 1.82) is 0 Å². The van der Waals surface area contributed by atoms with Crippen molar-refractivity contribution in [3.05, 3.63) is 59.5 Å². The minimum atomic E-state index is -0.647. The van der Waals surface area contributed by atoms with Crippen molar-refractivity contribution in [2.75, 3.05) is 6.54 Å². The number of rotatable bonds is 5. The van der Waals surface area contributed by atoms with Crippen LogP contribution in [0.1, 0.15) is 29.9 Å². The van der Waals surface area contributed by atoms with Crippen LogP contribution < -0.4 is 5.32 Å². The van der Waals surface area contributed by atoms with Gasteiger partial charge in [-0.05, 0) is 23.6 Å². The number of furan rings is 1. The largest absolute Gasteiger partial charge is 0.463 e. The minimum absolute atomic E-state index is 0.169. The van der Waals surface area contributed by atoms with Gasteiger partial charge >= 0.3 is 0 Å². The molecular weight excluding hydrogens is 314 g/mol. The van der Waals surface area contributed by atoms with Crippen LogP contribution in [0.3, 0.4) is 0 Å². The fraction of sp³-hybridized carbons (Fsp3) is 0.278. The Bertz CT molecular complexity index is 860. The third kappa shape index (κ3) is 3.32. The first-order valence-electron chi connectivity index (χ1n) is 7.74. The number of aromatic nitrogens is 1. The molecule has 126 valence electrons. The molecule has 0 bridgehead atoms. The lowest BCUT2D eigenvalue weighted by Crippen LogP contribution is -2.29. The molecule has 4 nitrogen and oxygen atoms in total. The van der Waals surface area contributed by atoms with E-state index in [0.717, 1.165) is 6.07 Å². The monoisotopic (exact) mass is 332 g/mol. The third-order valence-electron chi connectivity index (χ3n) is 3.69. The van der Waals surface area contributed by atoms with E-state index in [1.165, 1.54) is 18.4 Å². The summed E-state index contributed by atoms with van der Waals surface area (Å²) in [6.45, 7) is 4.71. The molecule has 1 N–H and O–H groups in total. The summed E-state index contributed by atoms with van der Waals surface area (Å²) in [7, 11) is 0. The Kier molecular flexibility index (Phi) is 4.38. The molecule has 2 aromatic heterocycles. The normalized spacial score (nSPS) is 11.4. The molecule has 1 aromatic carbocycles. The molecule has 1 amide bonds. The van der Waals surface area contributed by atoms with Crippen molar-refractivity contribution >= 4 is 17.0 Å². The Morgan fingerprint density at radius 1 is 1.21 bits per heavy atom. The average Bonchev–Trinajstić information content (AvgIpc) is 3.06. The zero-order valence-electron chi connectivity index (χ0n) is 13.5. The van der Waals surface area contributed by atoms with Crippen LogP contribution >= 0.6 is 0 Å². The highest BCUT2D eigenvalue weighted by atomic mass is 19.1. The van der Waals surface area contributed by atoms with Gasteiger partial charge in [0.1, 0.15) is 17.3 Å². The molecule has 0 aliphatic heterocycles. The summed E-state index contributed by atoms with van der Waals surface area (Å²) >= 11 is 0. The summed E-state index contributed by atoms with van der Waals surface area (Å²) in [6, 6.07) is 6.70. The Morgan fingerprint density at radius 3 is 2.58 bits per heavy atom. The van der Waals surface area contributed by atoms with Gasteiger partial charge in [0.2, 0.25) is 0 Å². The van der Waals surface area contributed by atoms with Crippen molar-refractivity contribution in [3.63, 3.8) is 0 Å². The van der Waals surface area contributed by atoms with Crippen LogP contribution in [-0.4, -0.2) is 17.0 Å². The Morgan fingerprint density at radius 2 is 1.92 bits per heavy atom. The minimum Gasteiger partial charge on any atom is -0.463 e. The van der Waals surface area contributed by atoms with Crippen molar-refractivity contribution in [2.24, 2.45) is 5.92 Å². The van der Waals surface area contributed by atoms with Crippen LogP contribution in [0.5, 0.6) is 0 Å². The van der Waals surface area contributed by atoms with Crippen LogP contribution in [0.4, 0.5) is 8.78 Å². The van der Waals surface area contributed by atoms with Gasteiger partial charge in [0.25, 0.3) is 5.91 Å². The summed E-state index contributed by atoms with van der Waals surface area (Å²) in [5, 5.41) is 2.85. The van der Waals surface area contributed by atoms with E-state index in [9.17, 15) is 13.6 Å². The zero-order valence-corrected chi connectivity index (χ0v) is 13.5. The summed E-state index contributed by atoms with van der Waals surface area (Å²) in [4.78, 5) is 12.4. The summed E-state index contributed by atoms with van der Waals surface area (Å²) < 4.78 is 33.9. The second-order valence-electron chi connectivity index (χ2n) is 6.17. The second kappa shape index (κ2) is 6.47. The molecule has 0 unspecified atom stereocenters. The van der Waals surface area contributed by atoms with Gasteiger partial charge in [-0.3, -0.25) is 4.79 Å². The number of halogens is 2. The highest BCUT2D eigenvalue weighted by Crippen LogP contribution is 2.23. The highest BCUT2D eigenvalue weighted by Gasteiger charge is 2.18. The first kappa shape index (κ1) is 16.2. The number of hydrogen-bond donors (Lipinski definition) is 1. The number of nitrogens with one attached hydrogen (secondary N) is 1. The van der Waals surface area contributed by atoms with Crippen LogP contribution in [0.2, 0.25) is 0 Å². The number of benzene rings is 1. The van der Waals surface area contributed by atoms with Gasteiger partial charge in [-0.25, -0.2) is 8.78 Å². The second-order valence-corrected chi connectivity index (χ2v) is 6.17. The molecule has 6 heteroatoms. The molecular formula is C18H18F2N2O2. The number of fused-ring (bicyclic) bond motifs is 1. The molecule has 0 radical (unpaired) electrons. The number of nitrogens with zero attached hydrogens (tertiary/aromatic N) is 1. The van der Waals surface area contributed by atoms with Gasteiger partial charge in [0.15, 0.2) is 5.58 Å². The van der Waals surface area contributed by atoms with E-state index in [1.54, 1.807) is 16.7 Å². The molecule has 0 spiro atoms. The summed E-state index contributed by atoms with van der Waals surface area (Å²) in [5.41, 5.74) is 2.09. The first-order chi connectivity index (χ1) is 11.4. The van der Waals surface area contributed by atoms with Crippen molar-refractivity contribution in [3.8, 4) is 0 Å². The predicted molar refractivity (Wildman–Crippen MR) is 86.8 cm³/mol. The molecule has 0 aliphatic rings. The molecule has 0 atom stereocenters. The van der Waals surface area contributed by atoms with Gasteiger partial charge < -0.3 is 14.3 Å². The molecule has 0 aliphatic carbocycles. The van der Waals surface area contributed by atoms with E-state index in [-0.39, 0.29) is 12.5 Å². The lowest BCUT2D eigenvalue weighted by molar-refractivity contribution is 0.0940. The van der Waals surface area contributed by atoms with Gasteiger partial charge in [0.05, 0.1) is 11.8 Å². The maximum absolute atomic E-state index is 13.4. The fourth-order valence-electron chi connectivity index (χ4n) is 2.61. The molecule has 3 aromatic rings. The number of carbonyl (C=O) groups is 1. The van der Waals surface area contributed by atoms with E-state index in [1.807, 2.05) is 13.8 Å². The van der Waals surface area contributed by atoms with Crippen molar-refractivity contribution in [2.45, 2.75) is 20.4 Å². The fourth-order valence-corrected chi connectivity index (χ4v) is 2.61. The summed E-state index contributed by atoms with van der Waals surface area (Å²) in [5.74, 6) is -1.22. The van der Waals surface area contributed by atoms with Crippen molar-refractivity contribution in [1.82, 2.24) is 9.88 Å². The lowest BCUT2D eigenvalue weighted by atomic mass is 10.2. The summed E-state index contributed by atoms with van der Waals surface area (Å²) in [6.07, 6.45) is 1.52. The topological polar surface area (TPSA) is 47.2 Å². The molecule has 3 rings (SSSR count). The number of carbonyl (C=O) groups excluding carboxylic acids is 1. The predicted octanol–water partition coefficient (Wildman–Crippen LogP) is 3.95. The Labute approximate surface area is 138 Å². The van der Waals surface area contributed by atoms with E-state index in [0.29, 0.717) is 34.8 Å². The van der Waals surface area contributed by atoms with E-state index in [2.05, 4.69) is 5.32 Å². The average molecular weight is 332 g/mol. The van der Waals surface area contributed by atoms with Gasteiger partial charge in [-0.2, -0.15) is 0 Å². The van der Waals surface area contributed by atoms with Crippen LogP contribution in [-0.2, 0) is 6.54 Å². The van der Waals surface area contributed by atoms with E-state index >= 15 is 0 Å². The Balaban J connectivity index is 1.97. The van der Waals surface area contributed by atoms with Gasteiger partial charge in [0, 0.05) is 31.3 Å². The highest BCUT2D eigenvalue weighted by molar-refractivity contribution is 5.97. The smallest absolute Gasteiger partial charge is 0.268 e. The van der Waals surface area contributed by atoms with Crippen molar-refractivity contribution < 1.29 is 18.0 Å². The van der Waals surface area contributed by atoms with Gasteiger partial charge in [-0.15, -0.1) is 0 Å². The van der Waals surface area contributed by atoms with E-state index < -0.39 is 11.6 Å². The maximum Gasteiger partial charge on any atom is 0.268 e. The SMILES string of the molecule is CC(C)CNC(=O)c1cc2occc2n1Cc1cc(F)cc(F)c1. The standard InChI is InChI=1S/C18H18F2N2O2/c1-11(2)9-21-18(23)16-8-17-15(3-4-24-17)22(16)10-12-5-13(19)7-14(20)6-12/h3-8,11H,9-10H2,1-2H3,(H,21,23). The lowest BCUT2D eigenvalue weighted by Gasteiger charge is -2.12.